The zero-order chi connectivity index (χ0) is 10.8. The number of hydrogen-bond donors (Lipinski definition) is 0. The first-order valence-electron chi connectivity index (χ1n) is 5.78. The maximum absolute atomic E-state index is 3.97. The number of hydrogen-bond acceptors (Lipinski definition) is 0. The molecule has 0 saturated heterocycles. The van der Waals surface area contributed by atoms with E-state index in [0.717, 1.165) is 12.3 Å². The molecule has 0 heterocycles. The minimum atomic E-state index is 0.424. The lowest BCUT2D eigenvalue weighted by Gasteiger charge is -2.37. The summed E-state index contributed by atoms with van der Waals surface area (Å²) in [4.78, 5) is 0. The quantitative estimate of drug-likeness (QED) is 0.555. The number of allylic oxidation sites excluding steroid dienone is 3. The van der Waals surface area contributed by atoms with Crippen molar-refractivity contribution in [2.24, 2.45) is 11.3 Å². The second kappa shape index (κ2) is 4.33. The fourth-order valence-electron chi connectivity index (χ4n) is 2.58. The zero-order valence-electron chi connectivity index (χ0n) is 10.2. The van der Waals surface area contributed by atoms with Crippen molar-refractivity contribution in [2.75, 3.05) is 0 Å². The molecule has 0 heteroatoms. The molecule has 1 atom stereocenters. The predicted octanol–water partition coefficient (Wildman–Crippen LogP) is 4.73. The van der Waals surface area contributed by atoms with E-state index in [4.69, 9.17) is 0 Å². The monoisotopic (exact) mass is 192 g/mol. The van der Waals surface area contributed by atoms with Crippen LogP contribution in [0.5, 0.6) is 0 Å². The Morgan fingerprint density at radius 1 is 1.57 bits per heavy atom. The van der Waals surface area contributed by atoms with Crippen molar-refractivity contribution >= 4 is 0 Å². The summed E-state index contributed by atoms with van der Waals surface area (Å²) in [5, 5.41) is 0. The number of rotatable bonds is 2. The molecule has 0 spiro atoms. The van der Waals surface area contributed by atoms with Crippen molar-refractivity contribution in [3.8, 4) is 0 Å². The minimum Gasteiger partial charge on any atom is -0.0998 e. The van der Waals surface area contributed by atoms with Crippen LogP contribution in [0.1, 0.15) is 53.4 Å². The van der Waals surface area contributed by atoms with E-state index >= 15 is 0 Å². The lowest BCUT2D eigenvalue weighted by molar-refractivity contribution is 0.288. The van der Waals surface area contributed by atoms with Crippen LogP contribution in [0.25, 0.3) is 0 Å². The highest BCUT2D eigenvalue weighted by molar-refractivity contribution is 5.19. The summed E-state index contributed by atoms with van der Waals surface area (Å²) >= 11 is 0. The summed E-state index contributed by atoms with van der Waals surface area (Å²) < 4.78 is 0. The summed E-state index contributed by atoms with van der Waals surface area (Å²) in [6, 6.07) is 0. The van der Waals surface area contributed by atoms with Gasteiger partial charge in [-0.1, -0.05) is 51.0 Å². The molecule has 0 radical (unpaired) electrons. The van der Waals surface area contributed by atoms with Crippen LogP contribution in [0.4, 0.5) is 0 Å². The molecule has 0 amide bonds. The molecule has 14 heavy (non-hydrogen) atoms. The van der Waals surface area contributed by atoms with Crippen molar-refractivity contribution in [3.05, 3.63) is 23.8 Å². The van der Waals surface area contributed by atoms with Gasteiger partial charge in [0.05, 0.1) is 0 Å². The van der Waals surface area contributed by atoms with E-state index in [0.29, 0.717) is 5.41 Å². The highest BCUT2D eigenvalue weighted by Gasteiger charge is 2.30. The molecule has 1 aliphatic carbocycles. The third kappa shape index (κ3) is 2.73. The van der Waals surface area contributed by atoms with Crippen molar-refractivity contribution in [1.29, 1.82) is 0 Å². The van der Waals surface area contributed by atoms with Gasteiger partial charge in [0, 0.05) is 0 Å². The van der Waals surface area contributed by atoms with Crippen molar-refractivity contribution in [2.45, 2.75) is 53.4 Å². The van der Waals surface area contributed by atoms with Gasteiger partial charge in [-0.3, -0.25) is 0 Å². The molecule has 0 bridgehead atoms. The average molecular weight is 192 g/mol. The van der Waals surface area contributed by atoms with Crippen LogP contribution < -0.4 is 0 Å². The minimum absolute atomic E-state index is 0.424. The third-order valence-electron chi connectivity index (χ3n) is 3.42. The van der Waals surface area contributed by atoms with Gasteiger partial charge < -0.3 is 0 Å². The van der Waals surface area contributed by atoms with E-state index in [2.05, 4.69) is 40.3 Å². The van der Waals surface area contributed by atoms with Gasteiger partial charge in [-0.25, -0.2) is 0 Å². The summed E-state index contributed by atoms with van der Waals surface area (Å²) in [6.45, 7) is 13.2. The Morgan fingerprint density at radius 3 is 2.71 bits per heavy atom. The first-order valence-corrected chi connectivity index (χ1v) is 5.78. The second-order valence-corrected chi connectivity index (χ2v) is 5.50. The Kier molecular flexibility index (Phi) is 3.58. The topological polar surface area (TPSA) is 0 Å². The molecular formula is C14H24. The van der Waals surface area contributed by atoms with E-state index in [-0.39, 0.29) is 0 Å². The smallest absolute Gasteiger partial charge is 0.0141 e. The van der Waals surface area contributed by atoms with Crippen LogP contribution in [0.3, 0.4) is 0 Å². The zero-order valence-corrected chi connectivity index (χ0v) is 10.2. The van der Waals surface area contributed by atoms with Crippen LogP contribution in [0.2, 0.25) is 0 Å². The largest absolute Gasteiger partial charge is 0.0998 e. The molecule has 0 aromatic rings. The first-order chi connectivity index (χ1) is 6.43. The molecule has 0 nitrogen and oxygen atoms in total. The Hall–Kier alpha value is -0.520. The predicted molar refractivity (Wildman–Crippen MR) is 64.3 cm³/mol. The van der Waals surface area contributed by atoms with E-state index in [1.165, 1.54) is 24.8 Å². The fourth-order valence-corrected chi connectivity index (χ4v) is 2.58. The molecule has 1 unspecified atom stereocenters. The van der Waals surface area contributed by atoms with Crippen LogP contribution in [-0.2, 0) is 0 Å². The maximum Gasteiger partial charge on any atom is -0.0141 e. The standard InChI is InChI=1S/C14H24/c1-11(2)8-9-13-12(3)7-6-10-14(13,4)5/h9,12H,1,6-8,10H2,2-5H3. The van der Waals surface area contributed by atoms with Gasteiger partial charge in [0.1, 0.15) is 0 Å². The van der Waals surface area contributed by atoms with Crippen LogP contribution in [0.15, 0.2) is 23.8 Å². The average Bonchev–Trinajstić information content (AvgIpc) is 2.01. The Morgan fingerprint density at radius 2 is 2.21 bits per heavy atom. The summed E-state index contributed by atoms with van der Waals surface area (Å²) in [5.41, 5.74) is 3.35. The first kappa shape index (κ1) is 11.6. The summed E-state index contributed by atoms with van der Waals surface area (Å²) in [7, 11) is 0. The summed E-state index contributed by atoms with van der Waals surface area (Å²) in [5.74, 6) is 0.776. The van der Waals surface area contributed by atoms with Gasteiger partial charge in [0.25, 0.3) is 0 Å². The van der Waals surface area contributed by atoms with Crippen LogP contribution in [0, 0.1) is 11.3 Å². The van der Waals surface area contributed by atoms with Crippen molar-refractivity contribution < 1.29 is 0 Å². The molecule has 0 aromatic carbocycles. The Labute approximate surface area is 89.1 Å². The Bertz CT molecular complexity index is 243. The van der Waals surface area contributed by atoms with E-state index in [1.54, 1.807) is 5.57 Å². The molecule has 80 valence electrons. The molecular weight excluding hydrogens is 168 g/mol. The molecule has 1 fully saturated rings. The molecule has 1 rings (SSSR count). The SMILES string of the molecule is C=C(C)CC=C1C(C)CCCC1(C)C. The molecule has 1 saturated carbocycles. The van der Waals surface area contributed by atoms with Gasteiger partial charge in [0.15, 0.2) is 0 Å². The highest BCUT2D eigenvalue weighted by Crippen LogP contribution is 2.43. The fraction of sp³-hybridized carbons (Fsp3) is 0.714. The molecule has 0 N–H and O–H groups in total. The Balaban J connectivity index is 2.79. The van der Waals surface area contributed by atoms with E-state index < -0.39 is 0 Å². The van der Waals surface area contributed by atoms with Gasteiger partial charge in [0.2, 0.25) is 0 Å². The third-order valence-corrected chi connectivity index (χ3v) is 3.42. The lowest BCUT2D eigenvalue weighted by Crippen LogP contribution is -2.24. The molecule has 0 aromatic heterocycles. The molecule has 0 aliphatic heterocycles. The van der Waals surface area contributed by atoms with Gasteiger partial charge >= 0.3 is 0 Å². The maximum atomic E-state index is 3.97. The second-order valence-electron chi connectivity index (χ2n) is 5.50. The van der Waals surface area contributed by atoms with E-state index in [9.17, 15) is 0 Å². The van der Waals surface area contributed by atoms with E-state index in [1.807, 2.05) is 0 Å². The van der Waals surface area contributed by atoms with Gasteiger partial charge in [-0.15, -0.1) is 0 Å². The van der Waals surface area contributed by atoms with Crippen LogP contribution >= 0.6 is 0 Å². The van der Waals surface area contributed by atoms with Crippen molar-refractivity contribution in [1.82, 2.24) is 0 Å². The highest BCUT2D eigenvalue weighted by atomic mass is 14.4. The van der Waals surface area contributed by atoms with Gasteiger partial charge in [-0.05, 0) is 37.5 Å². The summed E-state index contributed by atoms with van der Waals surface area (Å²) in [6.07, 6.45) is 7.58. The lowest BCUT2D eigenvalue weighted by atomic mass is 9.68. The van der Waals surface area contributed by atoms with Gasteiger partial charge in [-0.2, -0.15) is 0 Å². The van der Waals surface area contributed by atoms with Crippen LogP contribution in [-0.4, -0.2) is 0 Å². The normalized spacial score (nSPS) is 29.1. The molecule has 1 aliphatic rings. The van der Waals surface area contributed by atoms with Crippen molar-refractivity contribution in [3.63, 3.8) is 0 Å².